The lowest BCUT2D eigenvalue weighted by molar-refractivity contribution is 0.500. The average Bonchev–Trinajstić information content (AvgIpc) is 2.65. The Hall–Kier alpha value is -1.67. The molecule has 2 heteroatoms. The number of benzene rings is 1. The molecule has 0 amide bonds. The van der Waals surface area contributed by atoms with Gasteiger partial charge in [0.05, 0.1) is 11.7 Å². The zero-order chi connectivity index (χ0) is 10.5. The van der Waals surface area contributed by atoms with Crippen molar-refractivity contribution in [2.45, 2.75) is 18.5 Å². The molecule has 0 saturated heterocycles. The molecule has 0 fully saturated rings. The van der Waals surface area contributed by atoms with Gasteiger partial charge in [-0.2, -0.15) is 0 Å². The second-order valence-electron chi connectivity index (χ2n) is 4.53. The van der Waals surface area contributed by atoms with Crippen molar-refractivity contribution in [1.29, 1.82) is 0 Å². The van der Waals surface area contributed by atoms with Crippen LogP contribution < -0.4 is 5.32 Å². The Morgan fingerprint density at radius 2 is 1.94 bits per heavy atom. The van der Waals surface area contributed by atoms with Crippen LogP contribution in [-0.4, -0.2) is 4.98 Å². The maximum Gasteiger partial charge on any atom is 0.0762 e. The van der Waals surface area contributed by atoms with Gasteiger partial charge >= 0.3 is 0 Å². The number of pyridine rings is 1. The molecule has 4 rings (SSSR count). The van der Waals surface area contributed by atoms with E-state index >= 15 is 0 Å². The van der Waals surface area contributed by atoms with Crippen LogP contribution in [0.5, 0.6) is 0 Å². The van der Waals surface area contributed by atoms with E-state index in [0.29, 0.717) is 12.1 Å². The number of nitrogens with one attached hydrogen (secondary N) is 1. The summed E-state index contributed by atoms with van der Waals surface area (Å²) in [4.78, 5) is 4.54. The Morgan fingerprint density at radius 1 is 1.06 bits per heavy atom. The molecule has 2 aromatic rings. The highest BCUT2D eigenvalue weighted by Gasteiger charge is 2.37. The third kappa shape index (κ3) is 0.973. The molecule has 0 radical (unpaired) electrons. The fourth-order valence-electron chi connectivity index (χ4n) is 2.96. The minimum Gasteiger partial charge on any atom is -0.298 e. The first-order valence-electron chi connectivity index (χ1n) is 5.72. The molecule has 2 aliphatic rings. The molecule has 2 nitrogen and oxygen atoms in total. The maximum atomic E-state index is 4.54. The lowest BCUT2D eigenvalue weighted by Crippen LogP contribution is -2.26. The Kier molecular flexibility index (Phi) is 1.55. The summed E-state index contributed by atoms with van der Waals surface area (Å²) in [5, 5.41) is 3.65. The Morgan fingerprint density at radius 3 is 2.94 bits per heavy atom. The fraction of sp³-hybridized carbons (Fsp3) is 0.214. The normalized spacial score (nSPS) is 25.0. The van der Waals surface area contributed by atoms with E-state index in [1.165, 1.54) is 22.4 Å². The molecular weight excluding hydrogens is 196 g/mol. The van der Waals surface area contributed by atoms with Crippen molar-refractivity contribution < 1.29 is 0 Å². The number of rotatable bonds is 0. The molecule has 0 saturated carbocycles. The first kappa shape index (κ1) is 8.48. The minimum atomic E-state index is 0.311. The van der Waals surface area contributed by atoms with Crippen molar-refractivity contribution in [3.8, 4) is 0 Å². The van der Waals surface area contributed by atoms with Gasteiger partial charge in [0, 0.05) is 12.2 Å². The molecule has 0 aliphatic carbocycles. The predicted octanol–water partition coefficient (Wildman–Crippen LogP) is 2.37. The summed E-state index contributed by atoms with van der Waals surface area (Å²) in [6.45, 7) is 0. The zero-order valence-corrected chi connectivity index (χ0v) is 8.85. The highest BCUT2D eigenvalue weighted by molar-refractivity contribution is 5.47. The van der Waals surface area contributed by atoms with Crippen molar-refractivity contribution in [1.82, 2.24) is 10.3 Å². The molecule has 0 spiro atoms. The summed E-state index contributed by atoms with van der Waals surface area (Å²) >= 11 is 0. The quantitative estimate of drug-likeness (QED) is 0.719. The molecule has 3 heterocycles. The molecule has 1 aromatic heterocycles. The van der Waals surface area contributed by atoms with Gasteiger partial charge in [0.2, 0.25) is 0 Å². The van der Waals surface area contributed by atoms with E-state index < -0.39 is 0 Å². The minimum absolute atomic E-state index is 0.311. The summed E-state index contributed by atoms with van der Waals surface area (Å²) < 4.78 is 0. The van der Waals surface area contributed by atoms with Gasteiger partial charge in [0.15, 0.2) is 0 Å². The summed E-state index contributed by atoms with van der Waals surface area (Å²) in [5.41, 5.74) is 5.46. The number of aromatic nitrogens is 1. The predicted molar refractivity (Wildman–Crippen MR) is 62.1 cm³/mol. The van der Waals surface area contributed by atoms with Crippen molar-refractivity contribution in [3.63, 3.8) is 0 Å². The van der Waals surface area contributed by atoms with Gasteiger partial charge in [-0.1, -0.05) is 30.3 Å². The van der Waals surface area contributed by atoms with Crippen molar-refractivity contribution in [2.24, 2.45) is 0 Å². The molecule has 16 heavy (non-hydrogen) atoms. The molecule has 1 aromatic carbocycles. The van der Waals surface area contributed by atoms with Gasteiger partial charge in [-0.05, 0) is 29.2 Å². The van der Waals surface area contributed by atoms with E-state index in [0.717, 1.165) is 6.42 Å². The van der Waals surface area contributed by atoms with Crippen molar-refractivity contribution in [3.05, 3.63) is 65.0 Å². The smallest absolute Gasteiger partial charge is 0.0762 e. The molecule has 2 bridgehead atoms. The van der Waals surface area contributed by atoms with Gasteiger partial charge in [-0.3, -0.25) is 10.3 Å². The Labute approximate surface area is 94.3 Å². The monoisotopic (exact) mass is 208 g/mol. The van der Waals surface area contributed by atoms with E-state index in [2.05, 4.69) is 40.6 Å². The van der Waals surface area contributed by atoms with Crippen LogP contribution in [0.4, 0.5) is 0 Å². The summed E-state index contributed by atoms with van der Waals surface area (Å²) in [7, 11) is 0. The maximum absolute atomic E-state index is 4.54. The standard InChI is InChI=1S/C14H12N2/c1-2-5-10-9(4-1)8-12-11-6-3-7-15-13(11)14(10)16-12/h1-7,12,14,16H,8H2. The zero-order valence-electron chi connectivity index (χ0n) is 8.85. The largest absolute Gasteiger partial charge is 0.298 e. The molecule has 1 N–H and O–H groups in total. The van der Waals surface area contributed by atoms with Crippen molar-refractivity contribution >= 4 is 0 Å². The molecule has 78 valence electrons. The highest BCUT2D eigenvalue weighted by Crippen LogP contribution is 2.42. The average molecular weight is 208 g/mol. The van der Waals surface area contributed by atoms with Crippen LogP contribution in [0, 0.1) is 0 Å². The Bertz CT molecular complexity index is 551. The highest BCUT2D eigenvalue weighted by atomic mass is 15.0. The lowest BCUT2D eigenvalue weighted by Gasteiger charge is -2.24. The van der Waals surface area contributed by atoms with Crippen LogP contribution in [-0.2, 0) is 6.42 Å². The first-order valence-corrected chi connectivity index (χ1v) is 5.72. The fourth-order valence-corrected chi connectivity index (χ4v) is 2.96. The molecule has 2 atom stereocenters. The van der Waals surface area contributed by atoms with Gasteiger partial charge in [-0.25, -0.2) is 0 Å². The van der Waals surface area contributed by atoms with E-state index in [1.54, 1.807) is 0 Å². The van der Waals surface area contributed by atoms with Crippen LogP contribution >= 0.6 is 0 Å². The third-order valence-electron chi connectivity index (χ3n) is 3.68. The van der Waals surface area contributed by atoms with E-state index in [4.69, 9.17) is 0 Å². The van der Waals surface area contributed by atoms with Gasteiger partial charge < -0.3 is 0 Å². The molecular formula is C14H12N2. The second-order valence-corrected chi connectivity index (χ2v) is 4.53. The van der Waals surface area contributed by atoms with Crippen LogP contribution in [0.1, 0.15) is 34.5 Å². The second kappa shape index (κ2) is 2.92. The van der Waals surface area contributed by atoms with E-state index in [9.17, 15) is 0 Å². The number of hydrogen-bond donors (Lipinski definition) is 1. The van der Waals surface area contributed by atoms with Crippen LogP contribution in [0.15, 0.2) is 42.6 Å². The van der Waals surface area contributed by atoms with Crippen LogP contribution in [0.25, 0.3) is 0 Å². The van der Waals surface area contributed by atoms with Crippen LogP contribution in [0.2, 0.25) is 0 Å². The SMILES string of the molecule is c1ccc2c(c1)CC1NC2c2ncccc21. The van der Waals surface area contributed by atoms with Gasteiger partial charge in [-0.15, -0.1) is 0 Å². The third-order valence-corrected chi connectivity index (χ3v) is 3.68. The topological polar surface area (TPSA) is 24.9 Å². The van der Waals surface area contributed by atoms with Crippen molar-refractivity contribution in [2.75, 3.05) is 0 Å². The van der Waals surface area contributed by atoms with E-state index in [-0.39, 0.29) is 0 Å². The summed E-state index contributed by atoms with van der Waals surface area (Å²) in [5.74, 6) is 0. The lowest BCUT2D eigenvalue weighted by atomic mass is 9.94. The molecule has 2 aliphatic heterocycles. The summed E-state index contributed by atoms with van der Waals surface area (Å²) in [6.07, 6.45) is 2.98. The van der Waals surface area contributed by atoms with Gasteiger partial charge in [0.1, 0.15) is 0 Å². The Balaban J connectivity index is 1.98. The molecule has 2 unspecified atom stereocenters. The van der Waals surface area contributed by atoms with Gasteiger partial charge in [0.25, 0.3) is 0 Å². The number of hydrogen-bond acceptors (Lipinski definition) is 2. The number of fused-ring (bicyclic) bond motifs is 7. The van der Waals surface area contributed by atoms with Crippen LogP contribution in [0.3, 0.4) is 0 Å². The first-order chi connectivity index (χ1) is 7.93. The number of nitrogens with zero attached hydrogens (tertiary/aromatic N) is 1. The van der Waals surface area contributed by atoms with E-state index in [1.807, 2.05) is 12.3 Å². The summed E-state index contributed by atoms with van der Waals surface area (Å²) in [6, 6.07) is 13.7.